The molecule has 5 rings (SSSR count). The third kappa shape index (κ3) is 3.18. The van der Waals surface area contributed by atoms with Gasteiger partial charge in [0.1, 0.15) is 5.82 Å². The van der Waals surface area contributed by atoms with E-state index in [-0.39, 0.29) is 17.2 Å². The van der Waals surface area contributed by atoms with Crippen LogP contribution in [0.4, 0.5) is 8.78 Å². The summed E-state index contributed by atoms with van der Waals surface area (Å²) in [4.78, 5) is 20.7. The number of pyridine rings is 2. The maximum atomic E-state index is 14.2. The van der Waals surface area contributed by atoms with Crippen molar-refractivity contribution in [2.24, 2.45) is 7.05 Å². The first-order valence-corrected chi connectivity index (χ1v) is 10.4. The Morgan fingerprint density at radius 2 is 2.03 bits per heavy atom. The number of hydrogen-bond donors (Lipinski definition) is 0. The van der Waals surface area contributed by atoms with Crippen molar-refractivity contribution in [1.82, 2.24) is 9.55 Å². The second-order valence-corrected chi connectivity index (χ2v) is 8.44. The molecular weight excluding hydrogens is 420 g/mol. The summed E-state index contributed by atoms with van der Waals surface area (Å²) in [5.74, 6) is -1.61. The van der Waals surface area contributed by atoms with E-state index in [1.165, 1.54) is 22.0 Å². The van der Waals surface area contributed by atoms with E-state index in [9.17, 15) is 13.6 Å². The summed E-state index contributed by atoms with van der Waals surface area (Å²) < 4.78 is 35.5. The Labute approximate surface area is 180 Å². The molecule has 0 saturated heterocycles. The van der Waals surface area contributed by atoms with E-state index in [0.717, 1.165) is 35.2 Å². The normalized spacial score (nSPS) is 14.4. The summed E-state index contributed by atoms with van der Waals surface area (Å²) in [7, 11) is 1.65. The first kappa shape index (κ1) is 19.4. The van der Waals surface area contributed by atoms with Gasteiger partial charge in [-0.2, -0.15) is 0 Å². The number of ether oxygens (including phenoxy) is 1. The van der Waals surface area contributed by atoms with Gasteiger partial charge in [0.15, 0.2) is 11.6 Å². The van der Waals surface area contributed by atoms with Crippen molar-refractivity contribution in [3.05, 3.63) is 87.1 Å². The van der Waals surface area contributed by atoms with Gasteiger partial charge >= 0.3 is 0 Å². The molecule has 1 saturated carbocycles. The van der Waals surface area contributed by atoms with E-state index in [4.69, 9.17) is 11.3 Å². The lowest BCUT2D eigenvalue weighted by Crippen LogP contribution is -2.15. The fourth-order valence-electron chi connectivity index (χ4n) is 3.61. The molecule has 0 amide bonds. The Kier molecular flexibility index (Phi) is 4.38. The average Bonchev–Trinajstić information content (AvgIpc) is 3.41. The van der Waals surface area contributed by atoms with E-state index < -0.39 is 17.2 Å². The zero-order valence-corrected chi connectivity index (χ0v) is 17.2. The number of aromatic nitrogens is 2. The molecule has 31 heavy (non-hydrogen) atoms. The molecule has 0 N–H and O–H groups in total. The molecule has 4 aromatic rings. The van der Waals surface area contributed by atoms with Crippen LogP contribution in [0.2, 0.25) is 0 Å². The van der Waals surface area contributed by atoms with Crippen LogP contribution in [-0.4, -0.2) is 9.55 Å². The summed E-state index contributed by atoms with van der Waals surface area (Å²) in [6.07, 6.45) is 4.74. The lowest BCUT2D eigenvalue weighted by Gasteiger charge is -2.14. The third-order valence-electron chi connectivity index (χ3n) is 5.50. The Bertz CT molecular complexity index is 1450. The topological polar surface area (TPSA) is 48.5 Å². The zero-order chi connectivity index (χ0) is 21.8. The molecule has 0 atom stereocenters. The van der Waals surface area contributed by atoms with Crippen LogP contribution >= 0.6 is 11.3 Å². The second kappa shape index (κ2) is 7.00. The summed E-state index contributed by atoms with van der Waals surface area (Å²) in [6, 6.07) is 6.63. The van der Waals surface area contributed by atoms with Crippen molar-refractivity contribution in [3.8, 4) is 22.8 Å². The minimum atomic E-state index is -0.849. The van der Waals surface area contributed by atoms with Crippen LogP contribution in [-0.2, 0) is 12.6 Å². The largest absolute Gasteiger partial charge is 0.435 e. The first-order valence-electron chi connectivity index (χ1n) is 9.51. The highest BCUT2D eigenvalue weighted by atomic mass is 32.1. The van der Waals surface area contributed by atoms with Crippen molar-refractivity contribution < 1.29 is 13.5 Å². The van der Waals surface area contributed by atoms with Crippen molar-refractivity contribution in [2.75, 3.05) is 0 Å². The van der Waals surface area contributed by atoms with Gasteiger partial charge in [-0.3, -0.25) is 4.79 Å². The number of hydrogen-bond acceptors (Lipinski definition) is 4. The number of rotatable bonds is 4. The van der Waals surface area contributed by atoms with E-state index in [2.05, 4.69) is 9.83 Å². The predicted molar refractivity (Wildman–Crippen MR) is 114 cm³/mol. The Morgan fingerprint density at radius 3 is 2.74 bits per heavy atom. The molecule has 1 fully saturated rings. The summed E-state index contributed by atoms with van der Waals surface area (Å²) >= 11 is 1.41. The molecule has 1 aromatic carbocycles. The molecule has 3 heterocycles. The standard InChI is InChI=1S/C23H15F2N3O2S/c1-26-23(6-7-23)13-9-16(17-12-28(2)22(29)15-5-8-31-20(15)17)21(27-11-13)30-19-4-3-14(24)10-18(19)25/h3-5,8-12H,6-7H2,2H3. The summed E-state index contributed by atoms with van der Waals surface area (Å²) in [5, 5.41) is 2.38. The van der Waals surface area contributed by atoms with Crippen LogP contribution in [0, 0.1) is 18.2 Å². The smallest absolute Gasteiger partial charge is 0.259 e. The lowest BCUT2D eigenvalue weighted by molar-refractivity contribution is 0.425. The Hall–Kier alpha value is -3.57. The van der Waals surface area contributed by atoms with E-state index >= 15 is 0 Å². The maximum absolute atomic E-state index is 14.2. The van der Waals surface area contributed by atoms with Crippen LogP contribution in [0.25, 0.3) is 26.1 Å². The molecule has 1 aliphatic rings. The van der Waals surface area contributed by atoms with Gasteiger partial charge in [0.25, 0.3) is 11.1 Å². The number of thiophene rings is 1. The van der Waals surface area contributed by atoms with Crippen LogP contribution in [0.5, 0.6) is 11.6 Å². The molecule has 5 nitrogen and oxygen atoms in total. The SMILES string of the molecule is [C-]#[N+]C1(c2cnc(Oc3ccc(F)cc3F)c(-c3cn(C)c(=O)c4ccsc34)c2)CC1. The number of aryl methyl sites for hydroxylation is 1. The van der Waals surface area contributed by atoms with Gasteiger partial charge in [-0.05, 0) is 29.6 Å². The molecule has 0 unspecified atom stereocenters. The molecule has 0 spiro atoms. The molecule has 154 valence electrons. The van der Waals surface area contributed by atoms with Gasteiger partial charge in [-0.25, -0.2) is 20.3 Å². The molecule has 8 heteroatoms. The molecular formula is C23H15F2N3O2S. The highest BCUT2D eigenvalue weighted by Crippen LogP contribution is 2.51. The monoisotopic (exact) mass is 435 g/mol. The van der Waals surface area contributed by atoms with Crippen molar-refractivity contribution >= 4 is 21.4 Å². The summed E-state index contributed by atoms with van der Waals surface area (Å²) in [6.45, 7) is 7.57. The van der Waals surface area contributed by atoms with Gasteiger partial charge in [0.2, 0.25) is 5.88 Å². The number of nitrogens with zero attached hydrogens (tertiary/aromatic N) is 3. The molecule has 0 radical (unpaired) electrons. The van der Waals surface area contributed by atoms with Gasteiger partial charge in [0, 0.05) is 54.2 Å². The maximum Gasteiger partial charge on any atom is 0.259 e. The molecule has 3 aromatic heterocycles. The quantitative estimate of drug-likeness (QED) is 0.390. The first-order chi connectivity index (χ1) is 14.9. The fraction of sp³-hybridized carbons (Fsp3) is 0.174. The third-order valence-corrected chi connectivity index (χ3v) is 6.45. The summed E-state index contributed by atoms with van der Waals surface area (Å²) in [5.41, 5.74) is 1.26. The highest BCUT2D eigenvalue weighted by Gasteiger charge is 2.53. The van der Waals surface area contributed by atoms with E-state index in [1.807, 2.05) is 11.4 Å². The highest BCUT2D eigenvalue weighted by molar-refractivity contribution is 7.17. The second-order valence-electron chi connectivity index (χ2n) is 7.52. The van der Waals surface area contributed by atoms with E-state index in [1.54, 1.807) is 25.5 Å². The van der Waals surface area contributed by atoms with Crippen LogP contribution in [0.1, 0.15) is 18.4 Å². The predicted octanol–water partition coefficient (Wildman–Crippen LogP) is 5.64. The van der Waals surface area contributed by atoms with Gasteiger partial charge in [-0.15, -0.1) is 11.3 Å². The van der Waals surface area contributed by atoms with Gasteiger partial charge in [-0.1, -0.05) is 0 Å². The Morgan fingerprint density at radius 1 is 1.23 bits per heavy atom. The zero-order valence-electron chi connectivity index (χ0n) is 16.4. The number of fused-ring (bicyclic) bond motifs is 1. The van der Waals surface area contributed by atoms with Crippen molar-refractivity contribution in [1.29, 1.82) is 0 Å². The molecule has 0 aliphatic heterocycles. The van der Waals surface area contributed by atoms with Crippen molar-refractivity contribution in [3.63, 3.8) is 0 Å². The minimum absolute atomic E-state index is 0.114. The van der Waals surface area contributed by atoms with Crippen LogP contribution in [0.15, 0.2) is 52.9 Å². The van der Waals surface area contributed by atoms with Gasteiger partial charge < -0.3 is 14.1 Å². The van der Waals surface area contributed by atoms with Crippen LogP contribution in [0.3, 0.4) is 0 Å². The molecule has 1 aliphatic carbocycles. The van der Waals surface area contributed by atoms with E-state index in [0.29, 0.717) is 16.5 Å². The Balaban J connectivity index is 1.74. The number of benzene rings is 1. The average molecular weight is 435 g/mol. The van der Waals surface area contributed by atoms with Crippen molar-refractivity contribution in [2.45, 2.75) is 18.4 Å². The number of halogens is 2. The fourth-order valence-corrected chi connectivity index (χ4v) is 4.52. The molecule has 0 bridgehead atoms. The van der Waals surface area contributed by atoms with Crippen LogP contribution < -0.4 is 10.3 Å². The minimum Gasteiger partial charge on any atom is -0.435 e. The van der Waals surface area contributed by atoms with Gasteiger partial charge in [0.05, 0.1) is 10.9 Å². The lowest BCUT2D eigenvalue weighted by atomic mass is 10.0.